The Kier molecular flexibility index (Phi) is 11.7. The number of nitrogens with two attached hydrogens (primary N) is 2. The van der Waals surface area contributed by atoms with Crippen molar-refractivity contribution in [2.45, 2.75) is 83.7 Å². The lowest BCUT2D eigenvalue weighted by Crippen LogP contribution is -2.59. The lowest BCUT2D eigenvalue weighted by atomic mass is 10.1. The number of primary amides is 1. The van der Waals surface area contributed by atoms with Gasteiger partial charge in [-0.25, -0.2) is 0 Å². The molecule has 0 saturated carbocycles. The van der Waals surface area contributed by atoms with Crippen molar-refractivity contribution < 1.29 is 33.4 Å². The maximum atomic E-state index is 13.2. The molecule has 0 aromatic heterocycles. The zero-order valence-electron chi connectivity index (χ0n) is 22.1. The van der Waals surface area contributed by atoms with Gasteiger partial charge in [-0.1, -0.05) is 0 Å². The van der Waals surface area contributed by atoms with Crippen LogP contribution < -0.4 is 27.4 Å². The largest absolute Gasteiger partial charge is 0.373 e. The van der Waals surface area contributed by atoms with E-state index in [0.29, 0.717) is 19.4 Å². The van der Waals surface area contributed by atoms with Crippen molar-refractivity contribution in [2.24, 2.45) is 11.5 Å². The second kappa shape index (κ2) is 13.5. The van der Waals surface area contributed by atoms with Gasteiger partial charge in [-0.15, -0.1) is 0 Å². The Morgan fingerprint density at radius 3 is 1.92 bits per heavy atom. The summed E-state index contributed by atoms with van der Waals surface area (Å²) in [7, 11) is 0. The summed E-state index contributed by atoms with van der Waals surface area (Å²) in [6, 6.07) is -3.11. The number of nitrogens with one attached hydrogen (secondary N) is 3. The van der Waals surface area contributed by atoms with E-state index in [2.05, 4.69) is 16.0 Å². The average Bonchev–Trinajstić information content (AvgIpc) is 3.25. The maximum absolute atomic E-state index is 13.2. The molecule has 5 amide bonds. The van der Waals surface area contributed by atoms with Crippen LogP contribution in [0.25, 0.3) is 0 Å². The summed E-state index contributed by atoms with van der Waals surface area (Å²) < 4.78 is 11.4. The van der Waals surface area contributed by atoms with E-state index in [1.807, 2.05) is 0 Å². The Morgan fingerprint density at radius 1 is 0.917 bits per heavy atom. The first-order valence-electron chi connectivity index (χ1n) is 12.0. The van der Waals surface area contributed by atoms with E-state index in [1.165, 1.54) is 4.90 Å². The quantitative estimate of drug-likeness (QED) is 0.200. The Bertz CT molecular complexity index is 806. The van der Waals surface area contributed by atoms with Crippen LogP contribution in [-0.2, 0) is 33.4 Å². The van der Waals surface area contributed by atoms with Gasteiger partial charge in [0.1, 0.15) is 18.1 Å². The predicted octanol–water partition coefficient (Wildman–Crippen LogP) is -1.86. The van der Waals surface area contributed by atoms with Gasteiger partial charge in [-0.3, -0.25) is 24.0 Å². The van der Waals surface area contributed by atoms with Crippen molar-refractivity contribution in [3.05, 3.63) is 0 Å². The van der Waals surface area contributed by atoms with Gasteiger partial charge < -0.3 is 41.8 Å². The van der Waals surface area contributed by atoms with Gasteiger partial charge in [-0.05, 0) is 54.4 Å². The fraction of sp³-hybridized carbons (Fsp3) is 0.783. The molecule has 0 aromatic rings. The Hall–Kier alpha value is -2.77. The van der Waals surface area contributed by atoms with Crippen molar-refractivity contribution in [3.63, 3.8) is 0 Å². The summed E-state index contributed by atoms with van der Waals surface area (Å²) in [4.78, 5) is 63.5. The average molecular weight is 515 g/mol. The lowest BCUT2D eigenvalue weighted by Gasteiger charge is -2.29. The number of ether oxygens (including phenoxy) is 2. The molecule has 1 aliphatic rings. The van der Waals surface area contributed by atoms with Gasteiger partial charge in [-0.2, -0.15) is 0 Å². The second-order valence-electron chi connectivity index (χ2n) is 10.6. The third-order valence-electron chi connectivity index (χ3n) is 5.12. The van der Waals surface area contributed by atoms with Crippen LogP contribution in [0.15, 0.2) is 0 Å². The standard InChI is InChI=1S/C23H42N6O7/c1-22(2,3)35-12-14(19(32)26-11-17(25)30)27-20(33)15(13-36-23(4,5)6)28-21(34)16-8-7-9-29(16)18(31)10-24/h14-16H,7-13,24H2,1-6H3,(H2,25,30)(H,26,32)(H,27,33)(H,28,34)/t14-,15-,16-/m0/s1. The van der Waals surface area contributed by atoms with Crippen LogP contribution in [0.5, 0.6) is 0 Å². The highest BCUT2D eigenvalue weighted by Gasteiger charge is 2.36. The summed E-state index contributed by atoms with van der Waals surface area (Å²) in [6.45, 7) is 10.1. The highest BCUT2D eigenvalue weighted by Crippen LogP contribution is 2.18. The van der Waals surface area contributed by atoms with Crippen molar-refractivity contribution in [1.29, 1.82) is 0 Å². The van der Waals surface area contributed by atoms with Gasteiger partial charge in [0.15, 0.2) is 0 Å². The van der Waals surface area contributed by atoms with E-state index >= 15 is 0 Å². The van der Waals surface area contributed by atoms with Crippen LogP contribution in [-0.4, -0.2) is 96.6 Å². The molecule has 0 spiro atoms. The van der Waals surface area contributed by atoms with Crippen molar-refractivity contribution in [1.82, 2.24) is 20.9 Å². The molecular formula is C23H42N6O7. The summed E-state index contributed by atoms with van der Waals surface area (Å²) in [5.74, 6) is -3.00. The number of hydrogen-bond donors (Lipinski definition) is 5. The van der Waals surface area contributed by atoms with Crippen LogP contribution in [0.3, 0.4) is 0 Å². The third-order valence-corrected chi connectivity index (χ3v) is 5.12. The highest BCUT2D eigenvalue weighted by molar-refractivity contribution is 5.95. The minimum Gasteiger partial charge on any atom is -0.373 e. The first-order chi connectivity index (χ1) is 16.5. The summed E-state index contributed by atoms with van der Waals surface area (Å²) in [6.07, 6.45) is 1.06. The van der Waals surface area contributed by atoms with Crippen molar-refractivity contribution >= 4 is 29.5 Å². The van der Waals surface area contributed by atoms with E-state index in [4.69, 9.17) is 20.9 Å². The molecule has 0 unspecified atom stereocenters. The van der Waals surface area contributed by atoms with Crippen molar-refractivity contribution in [3.8, 4) is 0 Å². The normalized spacial score (nSPS) is 17.8. The molecule has 0 bridgehead atoms. The highest BCUT2D eigenvalue weighted by atomic mass is 16.5. The van der Waals surface area contributed by atoms with Crippen LogP contribution in [0.4, 0.5) is 0 Å². The van der Waals surface area contributed by atoms with Crippen LogP contribution in [0.1, 0.15) is 54.4 Å². The predicted molar refractivity (Wildman–Crippen MR) is 131 cm³/mol. The Balaban J connectivity index is 3.05. The molecule has 1 aliphatic heterocycles. The minimum atomic E-state index is -1.17. The molecule has 1 heterocycles. The minimum absolute atomic E-state index is 0.186. The molecule has 36 heavy (non-hydrogen) atoms. The van der Waals surface area contributed by atoms with Crippen LogP contribution in [0.2, 0.25) is 0 Å². The molecular weight excluding hydrogens is 472 g/mol. The second-order valence-corrected chi connectivity index (χ2v) is 10.6. The van der Waals surface area contributed by atoms with Gasteiger partial charge in [0.05, 0.1) is 37.5 Å². The number of hydrogen-bond acceptors (Lipinski definition) is 8. The van der Waals surface area contributed by atoms with Crippen LogP contribution >= 0.6 is 0 Å². The maximum Gasteiger partial charge on any atom is 0.245 e. The SMILES string of the molecule is CC(C)(C)OC[C@H](NC(=O)[C@H](COC(C)(C)C)NC(=O)[C@@H]1CCCN1C(=O)CN)C(=O)NCC(N)=O. The van der Waals surface area contributed by atoms with E-state index in [1.54, 1.807) is 41.5 Å². The van der Waals surface area contributed by atoms with E-state index in [0.717, 1.165) is 0 Å². The molecule has 1 fully saturated rings. The number of likely N-dealkylation sites (tertiary alicyclic amines) is 1. The number of amides is 5. The number of nitrogens with zero attached hydrogens (tertiary/aromatic N) is 1. The molecule has 0 aromatic carbocycles. The van der Waals surface area contributed by atoms with E-state index < -0.39 is 59.5 Å². The molecule has 7 N–H and O–H groups in total. The smallest absolute Gasteiger partial charge is 0.245 e. The van der Waals surface area contributed by atoms with E-state index in [-0.39, 0.29) is 25.7 Å². The zero-order chi connectivity index (χ0) is 27.7. The van der Waals surface area contributed by atoms with Gasteiger partial charge in [0, 0.05) is 6.54 Å². The molecule has 3 atom stereocenters. The summed E-state index contributed by atoms with van der Waals surface area (Å²) >= 11 is 0. The lowest BCUT2D eigenvalue weighted by molar-refractivity contribution is -0.141. The summed E-state index contributed by atoms with van der Waals surface area (Å²) in [5.41, 5.74) is 9.32. The number of carbonyl (C=O) groups is 5. The molecule has 13 nitrogen and oxygen atoms in total. The third kappa shape index (κ3) is 11.3. The topological polar surface area (TPSA) is 195 Å². The monoisotopic (exact) mass is 514 g/mol. The molecule has 0 radical (unpaired) electrons. The molecule has 206 valence electrons. The van der Waals surface area contributed by atoms with Crippen molar-refractivity contribution in [2.75, 3.05) is 32.8 Å². The van der Waals surface area contributed by atoms with Gasteiger partial charge in [0.2, 0.25) is 29.5 Å². The fourth-order valence-corrected chi connectivity index (χ4v) is 3.33. The number of carbonyl (C=O) groups excluding carboxylic acids is 5. The molecule has 1 rings (SSSR count). The van der Waals surface area contributed by atoms with Crippen LogP contribution in [0, 0.1) is 0 Å². The van der Waals surface area contributed by atoms with Gasteiger partial charge >= 0.3 is 0 Å². The Labute approximate surface area is 212 Å². The molecule has 0 aliphatic carbocycles. The zero-order valence-corrected chi connectivity index (χ0v) is 22.1. The molecule has 13 heteroatoms. The first-order valence-corrected chi connectivity index (χ1v) is 12.0. The number of rotatable bonds is 12. The van der Waals surface area contributed by atoms with E-state index in [9.17, 15) is 24.0 Å². The molecule has 1 saturated heterocycles. The Morgan fingerprint density at radius 2 is 1.44 bits per heavy atom. The summed E-state index contributed by atoms with van der Waals surface area (Å²) in [5, 5.41) is 7.56. The van der Waals surface area contributed by atoms with Gasteiger partial charge in [0.25, 0.3) is 0 Å². The fourth-order valence-electron chi connectivity index (χ4n) is 3.33. The first kappa shape index (κ1) is 31.3.